The van der Waals surface area contributed by atoms with Crippen LogP contribution in [0.4, 0.5) is 4.39 Å². The highest BCUT2D eigenvalue weighted by Gasteiger charge is 2.43. The molecule has 2 saturated heterocycles. The minimum Gasteiger partial charge on any atom is -0.340 e. The zero-order valence-corrected chi connectivity index (χ0v) is 26.3. The van der Waals surface area contributed by atoms with Gasteiger partial charge in [0, 0.05) is 59.2 Å². The number of nitrogens with one attached hydrogen (secondary N) is 1. The Labute approximate surface area is 276 Å². The molecule has 2 aliphatic heterocycles. The van der Waals surface area contributed by atoms with Gasteiger partial charge in [-0.2, -0.15) is 4.68 Å². The van der Waals surface area contributed by atoms with Crippen LogP contribution in [0.3, 0.4) is 0 Å². The van der Waals surface area contributed by atoms with E-state index in [1.54, 1.807) is 48.9 Å². The van der Waals surface area contributed by atoms with Gasteiger partial charge >= 0.3 is 0 Å². The molecule has 2 aromatic carbocycles. The number of hydrogen-bond acceptors (Lipinski definition) is 8. The van der Waals surface area contributed by atoms with E-state index in [-0.39, 0.29) is 29.7 Å². The number of halogens is 2. The molecule has 3 aromatic heterocycles. The molecule has 2 aliphatic rings. The molecule has 1 amide bonds. The predicted molar refractivity (Wildman–Crippen MR) is 176 cm³/mol. The second kappa shape index (κ2) is 13.5. The maximum Gasteiger partial charge on any atom is 0.247 e. The van der Waals surface area contributed by atoms with Crippen LogP contribution in [0.2, 0.25) is 5.02 Å². The van der Waals surface area contributed by atoms with E-state index in [9.17, 15) is 9.18 Å². The zero-order valence-electron chi connectivity index (χ0n) is 25.5. The molecule has 7 rings (SSSR count). The minimum absolute atomic E-state index is 0.0712. The predicted octanol–water partition coefficient (Wildman–Crippen LogP) is 4.80. The number of aromatic amines is 1. The lowest BCUT2D eigenvalue weighted by Crippen LogP contribution is -2.55. The molecular formula is C34H34ClFN10O. The maximum atomic E-state index is 14.4. The molecule has 3 N–H and O–H groups in total. The van der Waals surface area contributed by atoms with Crippen molar-refractivity contribution >= 4 is 23.6 Å². The molecule has 5 heterocycles. The van der Waals surface area contributed by atoms with E-state index in [0.717, 1.165) is 49.2 Å². The van der Waals surface area contributed by atoms with Crippen molar-refractivity contribution in [1.29, 1.82) is 0 Å². The number of benzene rings is 2. The first-order valence-electron chi connectivity index (χ1n) is 15.6. The van der Waals surface area contributed by atoms with Crippen molar-refractivity contribution in [2.24, 2.45) is 5.73 Å². The van der Waals surface area contributed by atoms with E-state index >= 15 is 0 Å². The number of nitrogens with two attached hydrogens (primary N) is 1. The normalized spacial score (nSPS) is 21.0. The molecule has 3 atom stereocenters. The topological polar surface area (TPSA) is 135 Å². The largest absolute Gasteiger partial charge is 0.340 e. The van der Waals surface area contributed by atoms with Gasteiger partial charge in [0.05, 0.1) is 23.6 Å². The van der Waals surface area contributed by atoms with Gasteiger partial charge in [0.15, 0.2) is 0 Å². The van der Waals surface area contributed by atoms with Gasteiger partial charge in [0.2, 0.25) is 5.91 Å². The van der Waals surface area contributed by atoms with Gasteiger partial charge < -0.3 is 15.6 Å². The molecule has 2 fully saturated rings. The monoisotopic (exact) mass is 652 g/mol. The summed E-state index contributed by atoms with van der Waals surface area (Å²) < 4.78 is 15.7. The lowest BCUT2D eigenvalue weighted by molar-refractivity contribution is -0.132. The molecule has 0 unspecified atom stereocenters. The fourth-order valence-electron chi connectivity index (χ4n) is 6.75. The summed E-state index contributed by atoms with van der Waals surface area (Å²) in [6, 6.07) is 15.5. The second-order valence-electron chi connectivity index (χ2n) is 12.1. The maximum absolute atomic E-state index is 14.4. The van der Waals surface area contributed by atoms with Crippen LogP contribution in [-0.2, 0) is 4.79 Å². The number of carbonyl (C=O) groups excluding carboxylic acids is 1. The standard InChI is InChI=1S/C34H34ClFN10O/c35-25-6-9-31(46-21-40-42-43-46)23(16-25)5-10-32(47)45-20-28(44-14-11-27(37)12-15-44)17-29(22-3-7-26(36)8-4-22)33(45)34-39-19-30(41-34)24-2-1-13-38-18-24/h1-10,13,16,18-19,21,27-29,33H,11-12,14-15,17,20,37H2,(H,39,41)/b10-5+/t28-,29-,33-/m0/s1. The third kappa shape index (κ3) is 6.71. The molecule has 240 valence electrons. The number of pyridine rings is 1. The highest BCUT2D eigenvalue weighted by atomic mass is 35.5. The Hall–Kier alpha value is -4.78. The number of amides is 1. The van der Waals surface area contributed by atoms with Crippen LogP contribution in [0.15, 0.2) is 85.6 Å². The highest BCUT2D eigenvalue weighted by molar-refractivity contribution is 6.30. The number of tetrazole rings is 1. The van der Waals surface area contributed by atoms with E-state index in [1.165, 1.54) is 23.1 Å². The molecule has 0 saturated carbocycles. The Morgan fingerprint density at radius 1 is 1.09 bits per heavy atom. The smallest absolute Gasteiger partial charge is 0.247 e. The number of likely N-dealkylation sites (tertiary alicyclic amines) is 2. The number of aromatic nitrogens is 7. The van der Waals surface area contributed by atoms with Crippen LogP contribution < -0.4 is 5.73 Å². The summed E-state index contributed by atoms with van der Waals surface area (Å²) in [5, 5.41) is 12.0. The van der Waals surface area contributed by atoms with Gasteiger partial charge in [-0.15, -0.1) is 5.10 Å². The van der Waals surface area contributed by atoms with Crippen molar-refractivity contribution in [1.82, 2.24) is 45.0 Å². The van der Waals surface area contributed by atoms with Crippen molar-refractivity contribution in [2.45, 2.75) is 43.3 Å². The van der Waals surface area contributed by atoms with E-state index in [1.807, 2.05) is 29.2 Å². The van der Waals surface area contributed by atoms with E-state index < -0.39 is 6.04 Å². The van der Waals surface area contributed by atoms with Gasteiger partial charge in [-0.05, 0) is 96.9 Å². The number of carbonyl (C=O) groups is 1. The van der Waals surface area contributed by atoms with Crippen LogP contribution in [0.25, 0.3) is 23.0 Å². The van der Waals surface area contributed by atoms with Crippen molar-refractivity contribution < 1.29 is 9.18 Å². The number of H-pyrrole nitrogens is 1. The average Bonchev–Trinajstić information content (AvgIpc) is 3.81. The molecule has 47 heavy (non-hydrogen) atoms. The zero-order chi connectivity index (χ0) is 32.3. The number of imidazole rings is 1. The van der Waals surface area contributed by atoms with Crippen LogP contribution in [0, 0.1) is 5.82 Å². The SMILES string of the molecule is NC1CCN([C@H]2C[C@@H](c3ccc(F)cc3)[C@@H](c3ncc(-c4cccnc4)[nH]3)N(C(=O)/C=C/c3cc(Cl)ccc3-n3cnnn3)C2)CC1. The highest BCUT2D eigenvalue weighted by Crippen LogP contribution is 2.44. The van der Waals surface area contributed by atoms with Crippen molar-refractivity contribution in [3.05, 3.63) is 113 Å². The van der Waals surface area contributed by atoms with Gasteiger partial charge in [-0.25, -0.2) is 9.37 Å². The molecule has 0 aliphatic carbocycles. The summed E-state index contributed by atoms with van der Waals surface area (Å²) in [5.41, 5.74) is 10.2. The molecule has 0 spiro atoms. The third-order valence-corrected chi connectivity index (χ3v) is 9.40. The van der Waals surface area contributed by atoms with Gasteiger partial charge in [-0.3, -0.25) is 14.7 Å². The summed E-state index contributed by atoms with van der Waals surface area (Å²) in [6.07, 6.45) is 12.6. The van der Waals surface area contributed by atoms with Crippen molar-refractivity contribution in [3.63, 3.8) is 0 Å². The van der Waals surface area contributed by atoms with Crippen LogP contribution in [-0.4, -0.2) is 82.6 Å². The summed E-state index contributed by atoms with van der Waals surface area (Å²) >= 11 is 6.36. The molecule has 11 nitrogen and oxygen atoms in total. The molecule has 5 aromatic rings. The Morgan fingerprint density at radius 2 is 1.91 bits per heavy atom. The summed E-state index contributed by atoms with van der Waals surface area (Å²) in [7, 11) is 0. The Kier molecular flexibility index (Phi) is 8.88. The molecule has 0 radical (unpaired) electrons. The lowest BCUT2D eigenvalue weighted by Gasteiger charge is -2.48. The molecular weight excluding hydrogens is 619 g/mol. The van der Waals surface area contributed by atoms with E-state index in [2.05, 4.69) is 30.4 Å². The van der Waals surface area contributed by atoms with Crippen LogP contribution in [0.1, 0.15) is 48.2 Å². The Bertz CT molecular complexity index is 1840. The number of hydrogen-bond donors (Lipinski definition) is 2. The lowest BCUT2D eigenvalue weighted by atomic mass is 9.80. The number of rotatable bonds is 7. The van der Waals surface area contributed by atoms with Crippen LogP contribution >= 0.6 is 11.6 Å². The molecule has 13 heteroatoms. The minimum atomic E-state index is -0.454. The Morgan fingerprint density at radius 3 is 2.66 bits per heavy atom. The third-order valence-electron chi connectivity index (χ3n) is 9.16. The number of piperidine rings is 2. The van der Waals surface area contributed by atoms with E-state index in [0.29, 0.717) is 28.6 Å². The van der Waals surface area contributed by atoms with Crippen molar-refractivity contribution in [2.75, 3.05) is 19.6 Å². The fraction of sp³-hybridized carbons (Fsp3) is 0.294. The second-order valence-corrected chi connectivity index (χ2v) is 12.5. The summed E-state index contributed by atoms with van der Waals surface area (Å²) in [6.45, 7) is 2.20. The quantitative estimate of drug-likeness (QED) is 0.240. The summed E-state index contributed by atoms with van der Waals surface area (Å²) in [5.74, 6) is -0.0212. The molecule has 0 bridgehead atoms. The average molecular weight is 653 g/mol. The van der Waals surface area contributed by atoms with Gasteiger partial charge in [0.25, 0.3) is 0 Å². The first kappa shape index (κ1) is 30.9. The van der Waals surface area contributed by atoms with Crippen molar-refractivity contribution in [3.8, 4) is 16.9 Å². The van der Waals surface area contributed by atoms with E-state index in [4.69, 9.17) is 22.3 Å². The fourth-order valence-corrected chi connectivity index (χ4v) is 6.93. The van der Waals surface area contributed by atoms with Gasteiger partial charge in [0.1, 0.15) is 18.0 Å². The Balaban J connectivity index is 1.29. The van der Waals surface area contributed by atoms with Crippen LogP contribution in [0.5, 0.6) is 0 Å². The first-order chi connectivity index (χ1) is 22.9. The van der Waals surface area contributed by atoms with Gasteiger partial charge in [-0.1, -0.05) is 23.7 Å². The first-order valence-corrected chi connectivity index (χ1v) is 16.0. The summed E-state index contributed by atoms with van der Waals surface area (Å²) in [4.78, 5) is 31.3. The number of nitrogens with zero attached hydrogens (tertiary/aromatic N) is 8.